The Morgan fingerprint density at radius 1 is 1.23 bits per heavy atom. The summed E-state index contributed by atoms with van der Waals surface area (Å²) in [5.74, 6) is 1.65. The van der Waals surface area contributed by atoms with Gasteiger partial charge in [0, 0.05) is 37.1 Å². The monoisotopic (exact) mass is 373 g/mol. The van der Waals surface area contributed by atoms with Crippen molar-refractivity contribution in [2.45, 2.75) is 32.4 Å². The minimum atomic E-state index is -0.00886. The van der Waals surface area contributed by atoms with Crippen molar-refractivity contribution in [3.8, 4) is 11.5 Å². The minimum absolute atomic E-state index is 0.00886. The Balaban J connectivity index is 2.00. The molecule has 0 saturated carbocycles. The van der Waals surface area contributed by atoms with Crippen LogP contribution < -0.4 is 14.8 Å². The molecule has 1 atom stereocenters. The molecule has 6 heteroatoms. The van der Waals surface area contributed by atoms with Crippen molar-refractivity contribution in [1.29, 1.82) is 0 Å². The van der Waals surface area contributed by atoms with Crippen LogP contribution in [-0.4, -0.2) is 41.9 Å². The number of ether oxygens (including phenoxy) is 2. The maximum absolute atomic E-state index is 5.74. The lowest BCUT2D eigenvalue weighted by molar-refractivity contribution is 0.277. The van der Waals surface area contributed by atoms with Gasteiger partial charge in [0.15, 0.2) is 5.11 Å². The summed E-state index contributed by atoms with van der Waals surface area (Å²) in [5, 5.41) is 4.21. The Morgan fingerprint density at radius 2 is 2.08 bits per heavy atom. The van der Waals surface area contributed by atoms with Crippen LogP contribution in [0.2, 0.25) is 0 Å². The summed E-state index contributed by atoms with van der Waals surface area (Å²) in [6, 6.07) is 10.2. The second kappa shape index (κ2) is 8.45. The van der Waals surface area contributed by atoms with Gasteiger partial charge in [-0.25, -0.2) is 0 Å². The highest BCUT2D eigenvalue weighted by Crippen LogP contribution is 2.39. The molecule has 140 valence electrons. The van der Waals surface area contributed by atoms with Crippen molar-refractivity contribution in [3.63, 3.8) is 0 Å². The average Bonchev–Trinajstić information content (AvgIpc) is 3.15. The summed E-state index contributed by atoms with van der Waals surface area (Å²) in [6.07, 6.45) is 4.38. The van der Waals surface area contributed by atoms with E-state index in [1.807, 2.05) is 18.2 Å². The van der Waals surface area contributed by atoms with Crippen molar-refractivity contribution in [3.05, 3.63) is 47.8 Å². The Labute approximate surface area is 160 Å². The minimum Gasteiger partial charge on any atom is -0.497 e. The molecule has 0 bridgehead atoms. The maximum atomic E-state index is 5.74. The normalized spacial score (nSPS) is 16.1. The molecule has 2 aromatic rings. The second-order valence-electron chi connectivity index (χ2n) is 6.42. The van der Waals surface area contributed by atoms with Gasteiger partial charge in [-0.3, -0.25) is 0 Å². The largest absolute Gasteiger partial charge is 0.497 e. The third-order valence-corrected chi connectivity index (χ3v) is 5.22. The highest BCUT2D eigenvalue weighted by atomic mass is 32.1. The van der Waals surface area contributed by atoms with Crippen molar-refractivity contribution in [2.24, 2.45) is 0 Å². The van der Waals surface area contributed by atoms with E-state index >= 15 is 0 Å². The zero-order chi connectivity index (χ0) is 18.5. The first-order valence-electron chi connectivity index (χ1n) is 9.11. The number of aromatic nitrogens is 1. The molecule has 0 aliphatic carbocycles. The van der Waals surface area contributed by atoms with Crippen molar-refractivity contribution in [1.82, 2.24) is 14.8 Å². The molecule has 0 fully saturated rings. The van der Waals surface area contributed by atoms with E-state index in [4.69, 9.17) is 21.7 Å². The summed E-state index contributed by atoms with van der Waals surface area (Å²) in [7, 11) is 3.39. The van der Waals surface area contributed by atoms with Crippen LogP contribution in [-0.2, 0) is 6.54 Å². The van der Waals surface area contributed by atoms with Gasteiger partial charge in [0.25, 0.3) is 0 Å². The first-order chi connectivity index (χ1) is 12.7. The first-order valence-corrected chi connectivity index (χ1v) is 9.51. The van der Waals surface area contributed by atoms with E-state index in [0.717, 1.165) is 54.7 Å². The number of fused-ring (bicyclic) bond motifs is 1. The standard InChI is InChI=1S/C20H27N3O2S/c1-4-5-10-21-20(26)23-13-12-22-11-6-7-17(22)19(23)16-14-15(24-2)8-9-18(16)25-3/h6-9,11,14,19H,4-5,10,12-13H2,1-3H3,(H,21,26). The van der Waals surface area contributed by atoms with Crippen LogP contribution in [0.3, 0.4) is 0 Å². The number of unbranched alkanes of at least 4 members (excludes halogenated alkanes) is 1. The van der Waals surface area contributed by atoms with Crippen LogP contribution in [0.5, 0.6) is 11.5 Å². The summed E-state index contributed by atoms with van der Waals surface area (Å²) >= 11 is 5.74. The molecule has 1 unspecified atom stereocenters. The number of hydrogen-bond acceptors (Lipinski definition) is 3. The van der Waals surface area contributed by atoms with Gasteiger partial charge in [0.2, 0.25) is 0 Å². The summed E-state index contributed by atoms with van der Waals surface area (Å²) in [6.45, 7) is 4.85. The number of rotatable bonds is 6. The number of hydrogen-bond donors (Lipinski definition) is 1. The summed E-state index contributed by atoms with van der Waals surface area (Å²) in [5.41, 5.74) is 2.27. The lowest BCUT2D eigenvalue weighted by Crippen LogP contribution is -2.47. The molecule has 26 heavy (non-hydrogen) atoms. The van der Waals surface area contributed by atoms with Gasteiger partial charge in [0.1, 0.15) is 17.5 Å². The average molecular weight is 374 g/mol. The van der Waals surface area contributed by atoms with E-state index in [0.29, 0.717) is 0 Å². The molecule has 3 rings (SSSR count). The fraction of sp³-hybridized carbons (Fsp3) is 0.450. The van der Waals surface area contributed by atoms with E-state index < -0.39 is 0 Å². The van der Waals surface area contributed by atoms with Gasteiger partial charge >= 0.3 is 0 Å². The van der Waals surface area contributed by atoms with Crippen LogP contribution in [0.25, 0.3) is 0 Å². The van der Waals surface area contributed by atoms with Crippen LogP contribution in [0, 0.1) is 0 Å². The Morgan fingerprint density at radius 3 is 2.81 bits per heavy atom. The molecular formula is C20H27N3O2S. The van der Waals surface area contributed by atoms with Gasteiger partial charge in [0.05, 0.1) is 14.2 Å². The van der Waals surface area contributed by atoms with E-state index in [-0.39, 0.29) is 6.04 Å². The molecule has 1 aromatic carbocycles. The second-order valence-corrected chi connectivity index (χ2v) is 6.80. The van der Waals surface area contributed by atoms with Gasteiger partial charge in [-0.15, -0.1) is 0 Å². The fourth-order valence-electron chi connectivity index (χ4n) is 3.46. The van der Waals surface area contributed by atoms with E-state index in [9.17, 15) is 0 Å². The van der Waals surface area contributed by atoms with E-state index in [2.05, 4.69) is 40.0 Å². The molecule has 0 radical (unpaired) electrons. The van der Waals surface area contributed by atoms with E-state index in [1.165, 1.54) is 5.69 Å². The quantitative estimate of drug-likeness (QED) is 0.619. The molecular weight excluding hydrogens is 346 g/mol. The van der Waals surface area contributed by atoms with Crippen LogP contribution in [0.15, 0.2) is 36.5 Å². The summed E-state index contributed by atoms with van der Waals surface area (Å²) < 4.78 is 13.4. The molecule has 1 aliphatic heterocycles. The predicted octanol–water partition coefficient (Wildman–Crippen LogP) is 3.58. The highest BCUT2D eigenvalue weighted by molar-refractivity contribution is 7.80. The highest BCUT2D eigenvalue weighted by Gasteiger charge is 2.32. The molecule has 5 nitrogen and oxygen atoms in total. The van der Waals surface area contributed by atoms with Crippen LogP contribution in [0.4, 0.5) is 0 Å². The molecule has 0 saturated heterocycles. The first kappa shape index (κ1) is 18.6. The van der Waals surface area contributed by atoms with Gasteiger partial charge < -0.3 is 24.3 Å². The third kappa shape index (κ3) is 3.65. The van der Waals surface area contributed by atoms with E-state index in [1.54, 1.807) is 14.2 Å². The topological polar surface area (TPSA) is 38.7 Å². The predicted molar refractivity (Wildman–Crippen MR) is 108 cm³/mol. The Kier molecular flexibility index (Phi) is 6.04. The SMILES string of the molecule is CCCCNC(=S)N1CCn2cccc2C1c1cc(OC)ccc1OC. The number of nitrogens with zero attached hydrogens (tertiary/aromatic N) is 2. The molecule has 1 aromatic heterocycles. The van der Waals surface area contributed by atoms with Crippen LogP contribution in [0.1, 0.15) is 37.1 Å². The number of thiocarbonyl (C=S) groups is 1. The summed E-state index contributed by atoms with van der Waals surface area (Å²) in [4.78, 5) is 2.26. The molecule has 0 amide bonds. The lowest BCUT2D eigenvalue weighted by Gasteiger charge is -2.39. The van der Waals surface area contributed by atoms with Crippen molar-refractivity contribution < 1.29 is 9.47 Å². The number of methoxy groups -OCH3 is 2. The smallest absolute Gasteiger partial charge is 0.169 e. The van der Waals surface area contributed by atoms with Gasteiger partial charge in [-0.2, -0.15) is 0 Å². The Bertz CT molecular complexity index is 759. The number of benzene rings is 1. The number of nitrogens with one attached hydrogen (secondary N) is 1. The van der Waals surface area contributed by atoms with Crippen molar-refractivity contribution in [2.75, 3.05) is 27.3 Å². The lowest BCUT2D eigenvalue weighted by atomic mass is 9.99. The van der Waals surface area contributed by atoms with Crippen molar-refractivity contribution >= 4 is 17.3 Å². The zero-order valence-electron chi connectivity index (χ0n) is 15.7. The molecule has 2 heterocycles. The van der Waals surface area contributed by atoms with Gasteiger partial charge in [-0.05, 0) is 49.0 Å². The Hall–Kier alpha value is -2.21. The van der Waals surface area contributed by atoms with Gasteiger partial charge in [-0.1, -0.05) is 13.3 Å². The molecule has 0 spiro atoms. The third-order valence-electron chi connectivity index (χ3n) is 4.84. The molecule has 1 N–H and O–H groups in total. The molecule has 1 aliphatic rings. The van der Waals surface area contributed by atoms with Crippen LogP contribution >= 0.6 is 12.2 Å². The zero-order valence-corrected chi connectivity index (χ0v) is 16.5. The fourth-order valence-corrected chi connectivity index (χ4v) is 3.75. The maximum Gasteiger partial charge on any atom is 0.169 e.